The van der Waals surface area contributed by atoms with E-state index in [4.69, 9.17) is 15.2 Å². The summed E-state index contributed by atoms with van der Waals surface area (Å²) in [7, 11) is -2.07. The Bertz CT molecular complexity index is 553. The van der Waals surface area contributed by atoms with Gasteiger partial charge in [-0.2, -0.15) is 0 Å². The number of sulfonamides is 1. The molecule has 2 rings (SSSR count). The van der Waals surface area contributed by atoms with E-state index < -0.39 is 10.0 Å². The minimum Gasteiger partial charge on any atom is -0.497 e. The second-order valence-corrected chi connectivity index (χ2v) is 6.56. The number of hydrogen-bond donors (Lipinski definition) is 2. The molecule has 1 aliphatic heterocycles. The highest BCUT2D eigenvalue weighted by atomic mass is 32.2. The summed E-state index contributed by atoms with van der Waals surface area (Å²) in [5, 5.41) is 0. The van der Waals surface area contributed by atoms with E-state index in [0.717, 1.165) is 19.4 Å². The quantitative estimate of drug-likeness (QED) is 0.764. The number of methoxy groups -OCH3 is 1. The van der Waals surface area contributed by atoms with Crippen LogP contribution in [0, 0.1) is 5.92 Å². The number of nitrogens with one attached hydrogen (secondary N) is 1. The van der Waals surface area contributed by atoms with Crippen LogP contribution in [0.1, 0.15) is 12.8 Å². The first kappa shape index (κ1) is 15.1. The van der Waals surface area contributed by atoms with Crippen LogP contribution in [0.5, 0.6) is 5.75 Å². The third-order valence-electron chi connectivity index (χ3n) is 3.38. The van der Waals surface area contributed by atoms with E-state index in [1.54, 1.807) is 6.07 Å². The lowest BCUT2D eigenvalue weighted by atomic mass is 10.1. The third kappa shape index (κ3) is 3.62. The predicted octanol–water partition coefficient (Wildman–Crippen LogP) is 0.982. The van der Waals surface area contributed by atoms with Crippen LogP contribution in [0.3, 0.4) is 0 Å². The van der Waals surface area contributed by atoms with Gasteiger partial charge in [-0.05, 0) is 30.9 Å². The van der Waals surface area contributed by atoms with Gasteiger partial charge < -0.3 is 15.2 Å². The van der Waals surface area contributed by atoms with Gasteiger partial charge >= 0.3 is 0 Å². The number of rotatable bonds is 6. The molecule has 1 atom stereocenters. The lowest BCUT2D eigenvalue weighted by Crippen LogP contribution is -2.27. The minimum absolute atomic E-state index is 0.0842. The van der Waals surface area contributed by atoms with Crippen LogP contribution in [0.15, 0.2) is 23.1 Å². The molecule has 1 aromatic rings. The Morgan fingerprint density at radius 3 is 2.90 bits per heavy atom. The highest BCUT2D eigenvalue weighted by molar-refractivity contribution is 7.89. The molecule has 6 nitrogen and oxygen atoms in total. The maximum absolute atomic E-state index is 12.2. The molecular formula is C13H20N2O4S. The first-order chi connectivity index (χ1) is 9.53. The SMILES string of the molecule is COc1ccc(S(=O)(=O)NCCC2CCOC2)c(N)c1. The summed E-state index contributed by atoms with van der Waals surface area (Å²) in [6.45, 7) is 1.87. The van der Waals surface area contributed by atoms with Gasteiger partial charge in [-0.15, -0.1) is 0 Å². The molecule has 0 aromatic heterocycles. The lowest BCUT2D eigenvalue weighted by molar-refractivity contribution is 0.184. The summed E-state index contributed by atoms with van der Waals surface area (Å²) < 4.78 is 37.2. The number of nitrogens with two attached hydrogens (primary N) is 1. The summed E-state index contributed by atoms with van der Waals surface area (Å²) in [5.41, 5.74) is 5.94. The van der Waals surface area contributed by atoms with Crippen LogP contribution in [-0.4, -0.2) is 35.3 Å². The maximum atomic E-state index is 12.2. The second kappa shape index (κ2) is 6.43. The van der Waals surface area contributed by atoms with Crippen molar-refractivity contribution in [2.24, 2.45) is 5.92 Å². The van der Waals surface area contributed by atoms with Crippen molar-refractivity contribution in [1.29, 1.82) is 0 Å². The summed E-state index contributed by atoms with van der Waals surface area (Å²) >= 11 is 0. The molecule has 0 saturated carbocycles. The average Bonchev–Trinajstić information content (AvgIpc) is 2.91. The highest BCUT2D eigenvalue weighted by Gasteiger charge is 2.20. The molecule has 1 aliphatic rings. The highest BCUT2D eigenvalue weighted by Crippen LogP contribution is 2.23. The molecule has 0 spiro atoms. The molecule has 1 unspecified atom stereocenters. The Morgan fingerprint density at radius 2 is 2.30 bits per heavy atom. The maximum Gasteiger partial charge on any atom is 0.242 e. The van der Waals surface area contributed by atoms with E-state index in [-0.39, 0.29) is 10.6 Å². The molecule has 1 saturated heterocycles. The molecule has 7 heteroatoms. The third-order valence-corrected chi connectivity index (χ3v) is 4.91. The minimum atomic E-state index is -3.58. The number of hydrogen-bond acceptors (Lipinski definition) is 5. The number of ether oxygens (including phenoxy) is 2. The molecule has 1 fully saturated rings. The fourth-order valence-electron chi connectivity index (χ4n) is 2.18. The number of nitrogen functional groups attached to an aromatic ring is 1. The van der Waals surface area contributed by atoms with Gasteiger partial charge in [0.1, 0.15) is 10.6 Å². The van der Waals surface area contributed by atoms with Gasteiger partial charge in [-0.1, -0.05) is 0 Å². The Kier molecular flexibility index (Phi) is 4.85. The zero-order valence-electron chi connectivity index (χ0n) is 11.5. The molecular weight excluding hydrogens is 280 g/mol. The smallest absolute Gasteiger partial charge is 0.242 e. The van der Waals surface area contributed by atoms with Crippen molar-refractivity contribution in [2.45, 2.75) is 17.7 Å². The van der Waals surface area contributed by atoms with E-state index in [9.17, 15) is 8.42 Å². The zero-order chi connectivity index (χ0) is 14.6. The number of anilines is 1. The fraction of sp³-hybridized carbons (Fsp3) is 0.538. The summed E-state index contributed by atoms with van der Waals surface area (Å²) in [6.07, 6.45) is 1.77. The summed E-state index contributed by atoms with van der Waals surface area (Å²) in [6, 6.07) is 4.53. The van der Waals surface area contributed by atoms with Crippen LogP contribution < -0.4 is 15.2 Å². The lowest BCUT2D eigenvalue weighted by Gasteiger charge is -2.11. The Balaban J connectivity index is 1.98. The van der Waals surface area contributed by atoms with Crippen molar-refractivity contribution in [3.05, 3.63) is 18.2 Å². The van der Waals surface area contributed by atoms with Crippen LogP contribution >= 0.6 is 0 Å². The van der Waals surface area contributed by atoms with Crippen LogP contribution in [0.2, 0.25) is 0 Å². The van der Waals surface area contributed by atoms with E-state index in [2.05, 4.69) is 4.72 Å². The van der Waals surface area contributed by atoms with Crippen molar-refractivity contribution < 1.29 is 17.9 Å². The standard InChI is InChI=1S/C13H20N2O4S/c1-18-11-2-3-13(12(14)8-11)20(16,17)15-6-4-10-5-7-19-9-10/h2-3,8,10,15H,4-7,9,14H2,1H3. The first-order valence-electron chi connectivity index (χ1n) is 6.54. The van der Waals surface area contributed by atoms with Crippen LogP contribution in [-0.2, 0) is 14.8 Å². The largest absolute Gasteiger partial charge is 0.497 e. The van der Waals surface area contributed by atoms with Crippen molar-refractivity contribution in [2.75, 3.05) is 32.6 Å². The van der Waals surface area contributed by atoms with Gasteiger partial charge in [0, 0.05) is 25.8 Å². The van der Waals surface area contributed by atoms with Gasteiger partial charge in [0.2, 0.25) is 10.0 Å². The van der Waals surface area contributed by atoms with Crippen molar-refractivity contribution in [3.8, 4) is 5.75 Å². The van der Waals surface area contributed by atoms with Crippen molar-refractivity contribution in [1.82, 2.24) is 4.72 Å². The second-order valence-electron chi connectivity index (χ2n) is 4.82. The summed E-state index contributed by atoms with van der Waals surface area (Å²) in [5.74, 6) is 0.968. The Morgan fingerprint density at radius 1 is 1.50 bits per heavy atom. The monoisotopic (exact) mass is 300 g/mol. The zero-order valence-corrected chi connectivity index (χ0v) is 12.3. The van der Waals surface area contributed by atoms with E-state index in [1.165, 1.54) is 19.2 Å². The van der Waals surface area contributed by atoms with Crippen molar-refractivity contribution >= 4 is 15.7 Å². The molecule has 3 N–H and O–H groups in total. The Hall–Kier alpha value is -1.31. The van der Waals surface area contributed by atoms with Gasteiger partial charge in [-0.25, -0.2) is 13.1 Å². The molecule has 1 heterocycles. The van der Waals surface area contributed by atoms with Crippen LogP contribution in [0.4, 0.5) is 5.69 Å². The summed E-state index contributed by atoms with van der Waals surface area (Å²) in [4.78, 5) is 0.0842. The number of benzene rings is 1. The topological polar surface area (TPSA) is 90.7 Å². The molecule has 1 aromatic carbocycles. The van der Waals surface area contributed by atoms with Gasteiger partial charge in [-0.3, -0.25) is 0 Å². The molecule has 20 heavy (non-hydrogen) atoms. The van der Waals surface area contributed by atoms with Crippen LogP contribution in [0.25, 0.3) is 0 Å². The molecule has 0 bridgehead atoms. The van der Waals surface area contributed by atoms with Gasteiger partial charge in [0.05, 0.1) is 12.8 Å². The molecule has 0 radical (unpaired) electrons. The van der Waals surface area contributed by atoms with Gasteiger partial charge in [0.25, 0.3) is 0 Å². The molecule has 0 amide bonds. The average molecular weight is 300 g/mol. The molecule has 0 aliphatic carbocycles. The Labute approximate surface area is 119 Å². The van der Waals surface area contributed by atoms with E-state index in [1.807, 2.05) is 0 Å². The van der Waals surface area contributed by atoms with Gasteiger partial charge in [0.15, 0.2) is 0 Å². The predicted molar refractivity (Wildman–Crippen MR) is 76.1 cm³/mol. The fourth-order valence-corrected chi connectivity index (χ4v) is 3.34. The molecule has 112 valence electrons. The van der Waals surface area contributed by atoms with E-state index in [0.29, 0.717) is 24.8 Å². The first-order valence-corrected chi connectivity index (χ1v) is 8.02. The van der Waals surface area contributed by atoms with E-state index >= 15 is 0 Å². The normalized spacial score (nSPS) is 19.1. The van der Waals surface area contributed by atoms with Crippen molar-refractivity contribution in [3.63, 3.8) is 0 Å².